The van der Waals surface area contributed by atoms with Crippen molar-refractivity contribution in [3.63, 3.8) is 0 Å². The first kappa shape index (κ1) is 57.4. The number of carbonyl (C=O) groups is 2. The van der Waals surface area contributed by atoms with Gasteiger partial charge in [0.1, 0.15) is 19.8 Å². The second-order valence-corrected chi connectivity index (χ2v) is 18.1. The van der Waals surface area contributed by atoms with Crippen molar-refractivity contribution >= 4 is 19.8 Å². The van der Waals surface area contributed by atoms with E-state index in [9.17, 15) is 19.0 Å². The van der Waals surface area contributed by atoms with Crippen molar-refractivity contribution in [2.24, 2.45) is 0 Å². The lowest BCUT2D eigenvalue weighted by atomic mass is 10.1. The number of unbranched alkanes of at least 4 members (excludes halogenated alkanes) is 16. The molecule has 0 aromatic carbocycles. The van der Waals surface area contributed by atoms with Crippen molar-refractivity contribution in [2.75, 3.05) is 47.5 Å². The number of hydrogen-bond acceptors (Lipinski definition) is 8. The van der Waals surface area contributed by atoms with Crippen LogP contribution in [0.5, 0.6) is 0 Å². The minimum absolute atomic E-state index is 0.0408. The van der Waals surface area contributed by atoms with Crippen LogP contribution in [0.4, 0.5) is 0 Å². The van der Waals surface area contributed by atoms with Crippen molar-refractivity contribution < 1.29 is 42.1 Å². The Hall–Kier alpha value is -2.55. The number of phosphoric acid groups is 1. The van der Waals surface area contributed by atoms with Gasteiger partial charge in [-0.2, -0.15) is 0 Å². The van der Waals surface area contributed by atoms with Crippen molar-refractivity contribution in [1.29, 1.82) is 0 Å². The van der Waals surface area contributed by atoms with Gasteiger partial charge in [0, 0.05) is 12.8 Å². The molecule has 2 atom stereocenters. The molecule has 10 heteroatoms. The molecule has 0 rings (SSSR count). The van der Waals surface area contributed by atoms with E-state index in [4.69, 9.17) is 18.5 Å². The first-order chi connectivity index (χ1) is 29.0. The number of allylic oxidation sites excluding steroid dienone is 12. The molecule has 0 saturated carbocycles. The molecule has 0 heterocycles. The SMILES string of the molecule is CC/C=C\C/C=C\C/C=C\CCCCCC(=O)OCC(COP(=O)([O-])OCC[N+](C)(C)C)OC(=O)CCCCCCCCCC/C=C\C/C=C\C/C=C\CCCCCCC. The lowest BCUT2D eigenvalue weighted by Gasteiger charge is -2.28. The monoisotopic (exact) mass is 862 g/mol. The summed E-state index contributed by atoms with van der Waals surface area (Å²) in [6.45, 7) is 4.05. The zero-order valence-electron chi connectivity index (χ0n) is 38.9. The molecule has 0 aliphatic rings. The summed E-state index contributed by atoms with van der Waals surface area (Å²) in [6.07, 6.45) is 52.2. The molecule has 9 nitrogen and oxygen atoms in total. The molecule has 60 heavy (non-hydrogen) atoms. The van der Waals surface area contributed by atoms with Crippen LogP contribution in [0.1, 0.15) is 181 Å². The van der Waals surface area contributed by atoms with E-state index in [2.05, 4.69) is 86.8 Å². The van der Waals surface area contributed by atoms with E-state index in [0.717, 1.165) is 77.0 Å². The van der Waals surface area contributed by atoms with Gasteiger partial charge in [0.2, 0.25) is 0 Å². The Morgan fingerprint density at radius 2 is 0.950 bits per heavy atom. The molecule has 0 aliphatic carbocycles. The number of quaternary nitrogens is 1. The first-order valence-corrected chi connectivity index (χ1v) is 25.1. The maximum Gasteiger partial charge on any atom is 0.306 e. The van der Waals surface area contributed by atoms with Gasteiger partial charge >= 0.3 is 11.9 Å². The molecule has 346 valence electrons. The van der Waals surface area contributed by atoms with E-state index in [1.54, 1.807) is 0 Å². The summed E-state index contributed by atoms with van der Waals surface area (Å²) in [4.78, 5) is 37.6. The van der Waals surface area contributed by atoms with Crippen LogP contribution in [0.25, 0.3) is 0 Å². The quantitative estimate of drug-likeness (QED) is 0.0196. The van der Waals surface area contributed by atoms with E-state index >= 15 is 0 Å². The number of rotatable bonds is 42. The fraction of sp³-hybridized carbons (Fsp3) is 0.720. The average Bonchev–Trinajstić information content (AvgIpc) is 3.20. The molecule has 0 aliphatic heterocycles. The van der Waals surface area contributed by atoms with Crippen LogP contribution in [0, 0.1) is 0 Å². The summed E-state index contributed by atoms with van der Waals surface area (Å²) in [5.41, 5.74) is 0. The van der Waals surface area contributed by atoms with Gasteiger partial charge in [-0.3, -0.25) is 14.2 Å². The summed E-state index contributed by atoms with van der Waals surface area (Å²) in [5.74, 6) is -0.882. The maximum absolute atomic E-state index is 12.7. The van der Waals surface area contributed by atoms with E-state index in [0.29, 0.717) is 23.9 Å². The Morgan fingerprint density at radius 1 is 0.533 bits per heavy atom. The standard InChI is InChI=1S/C50H88NO8P/c1-6-8-10-12-14-16-18-20-21-22-23-24-25-26-27-28-29-31-33-35-37-39-41-43-50(53)59-48(47-58-60(54,55)57-45-44-51(3,4)5)46-56-49(52)42-40-38-36-34-32-30-19-17-15-13-11-9-7-2/h9,11,15,17-18,20,22-23,25-26,30,32,48H,6-8,10,12-14,16,19,21,24,27-29,31,33-47H2,1-5H3/b11-9-,17-15-,20-18-,23-22-,26-25-,32-30-. The Kier molecular flexibility index (Phi) is 40.0. The van der Waals surface area contributed by atoms with Crippen LogP contribution in [-0.2, 0) is 32.7 Å². The highest BCUT2D eigenvalue weighted by atomic mass is 31.2. The highest BCUT2D eigenvalue weighted by Gasteiger charge is 2.21. The van der Waals surface area contributed by atoms with Gasteiger partial charge in [-0.05, 0) is 83.5 Å². The van der Waals surface area contributed by atoms with Gasteiger partial charge in [0.05, 0.1) is 27.7 Å². The van der Waals surface area contributed by atoms with Crippen LogP contribution in [0.3, 0.4) is 0 Å². The number of carbonyl (C=O) groups excluding carboxylic acids is 2. The lowest BCUT2D eigenvalue weighted by molar-refractivity contribution is -0.870. The highest BCUT2D eigenvalue weighted by Crippen LogP contribution is 2.38. The third-order valence-electron chi connectivity index (χ3n) is 9.71. The Morgan fingerprint density at radius 3 is 1.43 bits per heavy atom. The summed E-state index contributed by atoms with van der Waals surface area (Å²) in [6, 6.07) is 0. The van der Waals surface area contributed by atoms with Crippen LogP contribution in [-0.4, -0.2) is 70.0 Å². The number of esters is 2. The topological polar surface area (TPSA) is 111 Å². The molecule has 0 saturated heterocycles. The van der Waals surface area contributed by atoms with Gasteiger partial charge in [-0.25, -0.2) is 0 Å². The average molecular weight is 862 g/mol. The minimum atomic E-state index is -4.64. The lowest BCUT2D eigenvalue weighted by Crippen LogP contribution is -2.37. The van der Waals surface area contributed by atoms with E-state index < -0.39 is 32.5 Å². The molecule has 0 N–H and O–H groups in total. The zero-order valence-corrected chi connectivity index (χ0v) is 39.8. The van der Waals surface area contributed by atoms with Crippen LogP contribution in [0.2, 0.25) is 0 Å². The second kappa shape index (κ2) is 41.8. The largest absolute Gasteiger partial charge is 0.756 e. The molecule has 0 aromatic rings. The maximum atomic E-state index is 12.7. The predicted octanol–water partition coefficient (Wildman–Crippen LogP) is 13.2. The van der Waals surface area contributed by atoms with Crippen molar-refractivity contribution in [3.05, 3.63) is 72.9 Å². The molecule has 2 unspecified atom stereocenters. The molecule has 0 aromatic heterocycles. The molecule has 0 fully saturated rings. The molecule has 0 bridgehead atoms. The van der Waals surface area contributed by atoms with Gasteiger partial charge in [0.15, 0.2) is 6.10 Å². The fourth-order valence-electron chi connectivity index (χ4n) is 6.03. The van der Waals surface area contributed by atoms with Gasteiger partial charge in [-0.1, -0.05) is 157 Å². The fourth-order valence-corrected chi connectivity index (χ4v) is 6.76. The summed E-state index contributed by atoms with van der Waals surface area (Å²) >= 11 is 0. The normalized spacial score (nSPS) is 14.2. The van der Waals surface area contributed by atoms with Crippen LogP contribution in [0.15, 0.2) is 72.9 Å². The Balaban J connectivity index is 4.33. The van der Waals surface area contributed by atoms with Gasteiger partial charge < -0.3 is 27.9 Å². The zero-order chi connectivity index (χ0) is 44.3. The number of ether oxygens (including phenoxy) is 2. The first-order valence-electron chi connectivity index (χ1n) is 23.6. The van der Waals surface area contributed by atoms with Gasteiger partial charge in [0.25, 0.3) is 7.82 Å². The summed E-state index contributed by atoms with van der Waals surface area (Å²) in [7, 11) is 1.13. The van der Waals surface area contributed by atoms with Crippen LogP contribution >= 0.6 is 7.82 Å². The smallest absolute Gasteiger partial charge is 0.306 e. The Labute approximate surface area is 368 Å². The van der Waals surface area contributed by atoms with E-state index in [-0.39, 0.29) is 26.1 Å². The molecule has 0 radical (unpaired) electrons. The van der Waals surface area contributed by atoms with Crippen LogP contribution < -0.4 is 4.89 Å². The number of nitrogens with zero attached hydrogens (tertiary/aromatic N) is 1. The third kappa shape index (κ3) is 45.0. The summed E-state index contributed by atoms with van der Waals surface area (Å²) < 4.78 is 33.9. The molecular formula is C50H88NO8P. The minimum Gasteiger partial charge on any atom is -0.756 e. The second-order valence-electron chi connectivity index (χ2n) is 16.7. The number of likely N-dealkylation sites (N-methyl/N-ethyl adjacent to an activating group) is 1. The summed E-state index contributed by atoms with van der Waals surface area (Å²) in [5, 5.41) is 0. The van der Waals surface area contributed by atoms with Crippen molar-refractivity contribution in [2.45, 2.75) is 187 Å². The van der Waals surface area contributed by atoms with Crippen molar-refractivity contribution in [3.8, 4) is 0 Å². The van der Waals surface area contributed by atoms with Gasteiger partial charge in [-0.15, -0.1) is 0 Å². The van der Waals surface area contributed by atoms with E-state index in [1.165, 1.54) is 64.2 Å². The number of phosphoric ester groups is 1. The Bertz CT molecular complexity index is 1250. The molecule has 0 amide bonds. The van der Waals surface area contributed by atoms with E-state index in [1.807, 2.05) is 21.1 Å². The molecular weight excluding hydrogens is 774 g/mol. The highest BCUT2D eigenvalue weighted by molar-refractivity contribution is 7.45. The van der Waals surface area contributed by atoms with Crippen molar-refractivity contribution in [1.82, 2.24) is 0 Å². The molecule has 0 spiro atoms. The number of hydrogen-bond donors (Lipinski definition) is 0. The third-order valence-corrected chi connectivity index (χ3v) is 10.7. The predicted molar refractivity (Wildman–Crippen MR) is 249 cm³/mol.